The van der Waals surface area contributed by atoms with Crippen LogP contribution in [-0.4, -0.2) is 33.0 Å². The number of nitrogens with zero attached hydrogens (tertiary/aromatic N) is 3. The van der Waals surface area contributed by atoms with Gasteiger partial charge in [0, 0.05) is 25.2 Å². The Hall–Kier alpha value is -2.68. The lowest BCUT2D eigenvalue weighted by atomic mass is 10.2. The maximum absolute atomic E-state index is 12.2. The van der Waals surface area contributed by atoms with Gasteiger partial charge in [-0.1, -0.05) is 6.92 Å². The molecule has 8 nitrogen and oxygen atoms in total. The van der Waals surface area contributed by atoms with Crippen LogP contribution in [0.5, 0.6) is 5.88 Å². The van der Waals surface area contributed by atoms with Gasteiger partial charge in [-0.25, -0.2) is 14.6 Å². The van der Waals surface area contributed by atoms with Crippen LogP contribution >= 0.6 is 11.3 Å². The second-order valence-corrected chi connectivity index (χ2v) is 6.32. The number of ether oxygens (including phenoxy) is 1. The fraction of sp³-hybridized carbons (Fsp3) is 0.375. The number of hydrogen-bond acceptors (Lipinski definition) is 7. The van der Waals surface area contributed by atoms with E-state index in [9.17, 15) is 19.5 Å². The van der Waals surface area contributed by atoms with E-state index in [-0.39, 0.29) is 12.2 Å². The van der Waals surface area contributed by atoms with E-state index in [2.05, 4.69) is 4.99 Å². The van der Waals surface area contributed by atoms with E-state index >= 15 is 0 Å². The van der Waals surface area contributed by atoms with Crippen molar-refractivity contribution < 1.29 is 14.6 Å². The third-order valence-corrected chi connectivity index (χ3v) is 4.77. The van der Waals surface area contributed by atoms with Crippen molar-refractivity contribution in [2.45, 2.75) is 20.3 Å². The number of aliphatic imine (C=N–C) groups is 1. The summed E-state index contributed by atoms with van der Waals surface area (Å²) in [5.74, 6) is -0.981. The number of aromatic nitrogens is 2. The number of carbonyl (C=O) groups is 1. The molecule has 2 heterocycles. The molecular weight excluding hydrogens is 346 g/mol. The molecule has 0 bridgehead atoms. The summed E-state index contributed by atoms with van der Waals surface area (Å²) < 4.78 is 6.83. The Morgan fingerprint density at radius 2 is 2.00 bits per heavy atom. The van der Waals surface area contributed by atoms with Crippen LogP contribution in [0.2, 0.25) is 0 Å². The van der Waals surface area contributed by atoms with Crippen molar-refractivity contribution in [3.05, 3.63) is 42.9 Å². The van der Waals surface area contributed by atoms with Gasteiger partial charge in [0.15, 0.2) is 0 Å². The number of thiophene rings is 1. The number of aromatic hydroxyl groups is 1. The number of aryl methyl sites for hydroxylation is 1. The molecule has 9 heteroatoms. The van der Waals surface area contributed by atoms with Crippen molar-refractivity contribution in [2.24, 2.45) is 19.1 Å². The molecule has 0 fully saturated rings. The molecule has 0 saturated carbocycles. The van der Waals surface area contributed by atoms with Crippen LogP contribution in [0.25, 0.3) is 0 Å². The monoisotopic (exact) mass is 365 g/mol. The predicted molar refractivity (Wildman–Crippen MR) is 95.5 cm³/mol. The van der Waals surface area contributed by atoms with Gasteiger partial charge in [-0.15, -0.1) is 11.3 Å². The Kier molecular flexibility index (Phi) is 5.58. The minimum absolute atomic E-state index is 0.133. The van der Waals surface area contributed by atoms with Crippen molar-refractivity contribution >= 4 is 28.5 Å². The van der Waals surface area contributed by atoms with E-state index in [1.807, 2.05) is 6.92 Å². The number of carbonyl (C=O) groups excluding carboxylic acids is 1. The summed E-state index contributed by atoms with van der Waals surface area (Å²) in [6, 6.07) is 1.70. The first kappa shape index (κ1) is 18.7. The van der Waals surface area contributed by atoms with Crippen LogP contribution in [0.1, 0.15) is 34.6 Å². The summed E-state index contributed by atoms with van der Waals surface area (Å²) in [6.45, 7) is 3.89. The molecule has 0 radical (unpaired) electrons. The van der Waals surface area contributed by atoms with E-state index in [1.165, 1.54) is 25.4 Å². The van der Waals surface area contributed by atoms with Gasteiger partial charge >= 0.3 is 11.7 Å². The Balaban J connectivity index is 2.54. The van der Waals surface area contributed by atoms with E-state index in [1.54, 1.807) is 13.0 Å². The van der Waals surface area contributed by atoms with Crippen LogP contribution in [-0.2, 0) is 25.3 Å². The summed E-state index contributed by atoms with van der Waals surface area (Å²) >= 11 is 1.30. The van der Waals surface area contributed by atoms with Crippen molar-refractivity contribution in [3.8, 4) is 5.88 Å². The van der Waals surface area contributed by atoms with Crippen LogP contribution in [0.15, 0.2) is 20.6 Å². The molecule has 0 aliphatic heterocycles. The molecule has 1 N–H and O–H groups in total. The molecule has 0 aliphatic carbocycles. The SMILES string of the molecule is CCOC(=O)c1cc(CC)sc1N=Cc1c(O)n(C)c(=O)n(C)c1=O. The molecule has 0 aromatic carbocycles. The lowest BCUT2D eigenvalue weighted by Crippen LogP contribution is -2.38. The highest BCUT2D eigenvalue weighted by Crippen LogP contribution is 2.32. The summed E-state index contributed by atoms with van der Waals surface area (Å²) in [5.41, 5.74) is -1.14. The topological polar surface area (TPSA) is 103 Å². The van der Waals surface area contributed by atoms with Crippen molar-refractivity contribution in [2.75, 3.05) is 6.61 Å². The fourth-order valence-electron chi connectivity index (χ4n) is 2.15. The van der Waals surface area contributed by atoms with Crippen molar-refractivity contribution in [1.82, 2.24) is 9.13 Å². The molecule has 0 unspecified atom stereocenters. The third-order valence-electron chi connectivity index (χ3n) is 3.59. The minimum atomic E-state index is -0.672. The average Bonchev–Trinajstić information content (AvgIpc) is 3.02. The van der Waals surface area contributed by atoms with Crippen molar-refractivity contribution in [3.63, 3.8) is 0 Å². The second kappa shape index (κ2) is 7.47. The highest BCUT2D eigenvalue weighted by molar-refractivity contribution is 7.16. The van der Waals surface area contributed by atoms with Gasteiger partial charge in [0.05, 0.1) is 12.2 Å². The smallest absolute Gasteiger partial charge is 0.341 e. The van der Waals surface area contributed by atoms with Gasteiger partial charge in [-0.2, -0.15) is 0 Å². The number of esters is 1. The molecule has 0 aliphatic rings. The molecular formula is C16H19N3O5S. The molecule has 2 aromatic rings. The first-order valence-corrected chi connectivity index (χ1v) is 8.46. The fourth-order valence-corrected chi connectivity index (χ4v) is 3.08. The van der Waals surface area contributed by atoms with Gasteiger partial charge in [-0.3, -0.25) is 13.9 Å². The predicted octanol–water partition coefficient (Wildman–Crippen LogP) is 1.34. The highest BCUT2D eigenvalue weighted by Gasteiger charge is 2.17. The Morgan fingerprint density at radius 3 is 2.60 bits per heavy atom. The summed E-state index contributed by atoms with van der Waals surface area (Å²) in [7, 11) is 2.66. The highest BCUT2D eigenvalue weighted by atomic mass is 32.1. The number of rotatable bonds is 5. The summed E-state index contributed by atoms with van der Waals surface area (Å²) in [6.07, 6.45) is 1.88. The molecule has 134 valence electrons. The first-order chi connectivity index (χ1) is 11.8. The lowest BCUT2D eigenvalue weighted by molar-refractivity contribution is 0.0528. The van der Waals surface area contributed by atoms with E-state index < -0.39 is 23.1 Å². The zero-order valence-electron chi connectivity index (χ0n) is 14.4. The molecule has 0 spiro atoms. The van der Waals surface area contributed by atoms with Gasteiger partial charge in [0.2, 0.25) is 5.88 Å². The molecule has 0 amide bonds. The largest absolute Gasteiger partial charge is 0.494 e. The third kappa shape index (κ3) is 3.55. The van der Waals surface area contributed by atoms with Crippen LogP contribution < -0.4 is 11.2 Å². The molecule has 0 atom stereocenters. The molecule has 2 aromatic heterocycles. The normalized spacial score (nSPS) is 11.2. The zero-order chi connectivity index (χ0) is 18.7. The Labute approximate surface area is 147 Å². The van der Waals surface area contributed by atoms with E-state index in [4.69, 9.17) is 4.74 Å². The van der Waals surface area contributed by atoms with Gasteiger partial charge in [-0.05, 0) is 19.4 Å². The Bertz CT molecular complexity index is 952. The second-order valence-electron chi connectivity index (χ2n) is 5.21. The van der Waals surface area contributed by atoms with Crippen LogP contribution in [0, 0.1) is 0 Å². The van der Waals surface area contributed by atoms with Gasteiger partial charge in [0.25, 0.3) is 5.56 Å². The van der Waals surface area contributed by atoms with Gasteiger partial charge < -0.3 is 9.84 Å². The molecule has 25 heavy (non-hydrogen) atoms. The minimum Gasteiger partial charge on any atom is -0.494 e. The molecule has 2 rings (SSSR count). The number of hydrogen-bond donors (Lipinski definition) is 1. The average molecular weight is 365 g/mol. The quantitative estimate of drug-likeness (QED) is 0.636. The van der Waals surface area contributed by atoms with Crippen molar-refractivity contribution in [1.29, 1.82) is 0 Å². The molecule has 0 saturated heterocycles. The standard InChI is InChI=1S/C16H19N3O5S/c1-5-9-7-10(15(22)24-6-2)12(25-9)17-8-11-13(20)18(3)16(23)19(4)14(11)21/h7-8,20H,5-6H2,1-4H3. The summed E-state index contributed by atoms with van der Waals surface area (Å²) in [4.78, 5) is 41.1. The first-order valence-electron chi connectivity index (χ1n) is 7.64. The van der Waals surface area contributed by atoms with Gasteiger partial charge in [0.1, 0.15) is 10.6 Å². The zero-order valence-corrected chi connectivity index (χ0v) is 15.2. The van der Waals surface area contributed by atoms with E-state index in [0.29, 0.717) is 10.6 Å². The maximum Gasteiger partial charge on any atom is 0.341 e. The summed E-state index contributed by atoms with van der Waals surface area (Å²) in [5, 5.41) is 10.4. The van der Waals surface area contributed by atoms with E-state index in [0.717, 1.165) is 26.6 Å². The lowest BCUT2D eigenvalue weighted by Gasteiger charge is -2.07. The van der Waals surface area contributed by atoms with Crippen LogP contribution in [0.4, 0.5) is 5.00 Å². The maximum atomic E-state index is 12.2. The van der Waals surface area contributed by atoms with Crippen LogP contribution in [0.3, 0.4) is 0 Å². The Morgan fingerprint density at radius 1 is 1.32 bits per heavy atom.